The molecule has 0 radical (unpaired) electrons. The fourth-order valence-electron chi connectivity index (χ4n) is 2.85. The molecule has 0 amide bonds. The maximum atomic E-state index is 12.8. The molecular formula is C18H22FNO. The molecular weight excluding hydrogens is 265 g/mol. The summed E-state index contributed by atoms with van der Waals surface area (Å²) in [6, 6.07) is 8.54. The first-order valence-corrected chi connectivity index (χ1v) is 7.68. The van der Waals surface area contributed by atoms with Gasteiger partial charge in [0.15, 0.2) is 0 Å². The van der Waals surface area contributed by atoms with Gasteiger partial charge in [-0.3, -0.25) is 0 Å². The topological polar surface area (TPSA) is 33.0 Å². The van der Waals surface area contributed by atoms with E-state index >= 15 is 0 Å². The van der Waals surface area contributed by atoms with E-state index in [2.05, 4.69) is 0 Å². The van der Waals surface area contributed by atoms with Gasteiger partial charge in [-0.2, -0.15) is 5.26 Å². The average molecular weight is 287 g/mol. The molecule has 2 rings (SSSR count). The van der Waals surface area contributed by atoms with Crippen LogP contribution in [-0.2, 0) is 11.3 Å². The fraction of sp³-hybridized carbons (Fsp3) is 0.500. The average Bonchev–Trinajstić information content (AvgIpc) is 2.52. The second-order valence-corrected chi connectivity index (χ2v) is 5.69. The lowest BCUT2D eigenvalue weighted by Crippen LogP contribution is -2.21. The third-order valence-electron chi connectivity index (χ3n) is 4.13. The minimum Gasteiger partial charge on any atom is -0.374 e. The number of nitrogens with zero attached hydrogens (tertiary/aromatic N) is 1. The van der Waals surface area contributed by atoms with Gasteiger partial charge in [-0.05, 0) is 62.1 Å². The van der Waals surface area contributed by atoms with E-state index in [1.807, 2.05) is 12.1 Å². The van der Waals surface area contributed by atoms with E-state index in [0.29, 0.717) is 12.7 Å². The summed E-state index contributed by atoms with van der Waals surface area (Å²) in [6.45, 7) is 0.570. The predicted octanol–water partition coefficient (Wildman–Crippen LogP) is 4.76. The summed E-state index contributed by atoms with van der Waals surface area (Å²) < 4.78 is 18.7. The molecule has 1 aromatic carbocycles. The van der Waals surface area contributed by atoms with Gasteiger partial charge < -0.3 is 4.74 Å². The lowest BCUT2D eigenvalue weighted by atomic mass is 9.84. The number of rotatable bonds is 6. The molecule has 1 aliphatic rings. The first-order valence-electron chi connectivity index (χ1n) is 7.68. The minimum absolute atomic E-state index is 0.204. The van der Waals surface area contributed by atoms with Crippen molar-refractivity contribution < 1.29 is 9.13 Å². The standard InChI is InChI=1S/C18H22FNO/c19-17-9-5-16(6-10-17)14-21-18-11-7-15(8-12-18)4-2-1-3-13-20/h1,3,5-6,9-10,15,18H,2,4,7-8,11-12,14H2/b3-1+/t15-,18-. The normalized spacial score (nSPS) is 22.3. The van der Waals surface area contributed by atoms with Crippen LogP contribution in [0.25, 0.3) is 0 Å². The van der Waals surface area contributed by atoms with E-state index < -0.39 is 0 Å². The number of hydrogen-bond donors (Lipinski definition) is 0. The van der Waals surface area contributed by atoms with Crippen LogP contribution in [0.4, 0.5) is 4.39 Å². The quantitative estimate of drug-likeness (QED) is 0.707. The van der Waals surface area contributed by atoms with E-state index in [4.69, 9.17) is 10.00 Å². The summed E-state index contributed by atoms with van der Waals surface area (Å²) in [6.07, 6.45) is 10.6. The summed E-state index contributed by atoms with van der Waals surface area (Å²) in [5.41, 5.74) is 1.03. The number of allylic oxidation sites excluding steroid dienone is 2. The van der Waals surface area contributed by atoms with Crippen molar-refractivity contribution in [2.24, 2.45) is 5.92 Å². The zero-order chi connectivity index (χ0) is 14.9. The van der Waals surface area contributed by atoms with Crippen molar-refractivity contribution in [3.8, 4) is 6.07 Å². The molecule has 3 heteroatoms. The summed E-state index contributed by atoms with van der Waals surface area (Å²) in [4.78, 5) is 0. The van der Waals surface area contributed by atoms with Gasteiger partial charge in [0.05, 0.1) is 18.8 Å². The van der Waals surface area contributed by atoms with Crippen LogP contribution in [0.5, 0.6) is 0 Å². The number of ether oxygens (including phenoxy) is 1. The van der Waals surface area contributed by atoms with Crippen LogP contribution < -0.4 is 0 Å². The number of hydrogen-bond acceptors (Lipinski definition) is 2. The van der Waals surface area contributed by atoms with E-state index in [1.165, 1.54) is 31.4 Å². The number of halogens is 1. The van der Waals surface area contributed by atoms with Gasteiger partial charge in [0.2, 0.25) is 0 Å². The maximum Gasteiger partial charge on any atom is 0.123 e. The second-order valence-electron chi connectivity index (χ2n) is 5.69. The Balaban J connectivity index is 1.64. The summed E-state index contributed by atoms with van der Waals surface area (Å²) >= 11 is 0. The Hall–Kier alpha value is -1.66. The monoisotopic (exact) mass is 287 g/mol. The van der Waals surface area contributed by atoms with E-state index in [1.54, 1.807) is 18.2 Å². The van der Waals surface area contributed by atoms with Gasteiger partial charge in [0, 0.05) is 6.08 Å². The van der Waals surface area contributed by atoms with E-state index in [-0.39, 0.29) is 5.82 Å². The molecule has 0 aliphatic heterocycles. The highest BCUT2D eigenvalue weighted by atomic mass is 19.1. The molecule has 1 aromatic rings. The van der Waals surface area contributed by atoms with Crippen molar-refractivity contribution >= 4 is 0 Å². The maximum absolute atomic E-state index is 12.8. The zero-order valence-corrected chi connectivity index (χ0v) is 12.3. The lowest BCUT2D eigenvalue weighted by Gasteiger charge is -2.28. The first kappa shape index (κ1) is 15.7. The van der Waals surface area contributed by atoms with E-state index in [9.17, 15) is 4.39 Å². The molecule has 0 unspecified atom stereocenters. The van der Waals surface area contributed by atoms with Gasteiger partial charge in [-0.1, -0.05) is 18.2 Å². The Kier molecular flexibility index (Phi) is 6.43. The fourth-order valence-corrected chi connectivity index (χ4v) is 2.85. The van der Waals surface area contributed by atoms with Crippen LogP contribution >= 0.6 is 0 Å². The van der Waals surface area contributed by atoms with Crippen LogP contribution in [0.1, 0.15) is 44.1 Å². The first-order chi connectivity index (χ1) is 10.3. The highest BCUT2D eigenvalue weighted by Crippen LogP contribution is 2.30. The van der Waals surface area contributed by atoms with Gasteiger partial charge in [0.25, 0.3) is 0 Å². The van der Waals surface area contributed by atoms with Gasteiger partial charge >= 0.3 is 0 Å². The van der Waals surface area contributed by atoms with E-state index in [0.717, 1.165) is 30.7 Å². The van der Waals surface area contributed by atoms with Crippen LogP contribution in [-0.4, -0.2) is 6.10 Å². The predicted molar refractivity (Wildman–Crippen MR) is 80.9 cm³/mol. The van der Waals surface area contributed by atoms with Gasteiger partial charge in [-0.15, -0.1) is 0 Å². The largest absolute Gasteiger partial charge is 0.374 e. The summed E-state index contributed by atoms with van der Waals surface area (Å²) in [5.74, 6) is 0.559. The highest BCUT2D eigenvalue weighted by Gasteiger charge is 2.21. The molecule has 2 nitrogen and oxygen atoms in total. The van der Waals surface area contributed by atoms with Crippen molar-refractivity contribution in [2.45, 2.75) is 51.2 Å². The van der Waals surface area contributed by atoms with Gasteiger partial charge in [0.1, 0.15) is 5.82 Å². The Bertz CT molecular complexity index is 481. The molecule has 0 heterocycles. The Labute approximate surface area is 126 Å². The van der Waals surface area contributed by atoms with Crippen LogP contribution in [0.3, 0.4) is 0 Å². The SMILES string of the molecule is N#C/C=C/CC[C@H]1CC[C@H](OCc2ccc(F)cc2)CC1. The zero-order valence-electron chi connectivity index (χ0n) is 12.3. The Morgan fingerprint density at radius 3 is 2.57 bits per heavy atom. The molecule has 112 valence electrons. The van der Waals surface area contributed by atoms with Crippen molar-refractivity contribution in [3.63, 3.8) is 0 Å². The van der Waals surface area contributed by atoms with Crippen LogP contribution in [0.15, 0.2) is 36.4 Å². The Morgan fingerprint density at radius 1 is 1.19 bits per heavy atom. The van der Waals surface area contributed by atoms with Crippen LogP contribution in [0, 0.1) is 23.1 Å². The molecule has 1 aliphatic carbocycles. The van der Waals surface area contributed by atoms with Crippen molar-refractivity contribution in [2.75, 3.05) is 0 Å². The smallest absolute Gasteiger partial charge is 0.123 e. The van der Waals surface area contributed by atoms with Crippen LogP contribution in [0.2, 0.25) is 0 Å². The Morgan fingerprint density at radius 2 is 1.90 bits per heavy atom. The van der Waals surface area contributed by atoms with Crippen molar-refractivity contribution in [3.05, 3.63) is 47.8 Å². The molecule has 1 saturated carbocycles. The summed E-state index contributed by atoms with van der Waals surface area (Å²) in [5, 5.41) is 8.43. The number of benzene rings is 1. The lowest BCUT2D eigenvalue weighted by molar-refractivity contribution is 0.00645. The second kappa shape index (κ2) is 8.59. The van der Waals surface area contributed by atoms with Crippen molar-refractivity contribution in [1.29, 1.82) is 5.26 Å². The van der Waals surface area contributed by atoms with Gasteiger partial charge in [-0.25, -0.2) is 4.39 Å². The van der Waals surface area contributed by atoms with Crippen molar-refractivity contribution in [1.82, 2.24) is 0 Å². The third-order valence-corrected chi connectivity index (χ3v) is 4.13. The molecule has 0 N–H and O–H groups in total. The molecule has 0 atom stereocenters. The minimum atomic E-state index is -0.204. The molecule has 0 aromatic heterocycles. The molecule has 21 heavy (non-hydrogen) atoms. The molecule has 0 spiro atoms. The molecule has 0 bridgehead atoms. The highest BCUT2D eigenvalue weighted by molar-refractivity contribution is 5.15. The molecule has 1 fully saturated rings. The third kappa shape index (κ3) is 5.69. The molecule has 0 saturated heterocycles. The summed E-state index contributed by atoms with van der Waals surface area (Å²) in [7, 11) is 0. The number of nitriles is 1.